The Kier molecular flexibility index (Phi) is 4.16. The first kappa shape index (κ1) is 13.5. The molecular weight excluding hydrogens is 242 g/mol. The first-order valence-electron chi connectivity index (χ1n) is 6.44. The Morgan fingerprint density at radius 1 is 1.26 bits per heavy atom. The third-order valence-corrected chi connectivity index (χ3v) is 2.68. The van der Waals surface area contributed by atoms with E-state index in [1.54, 1.807) is 0 Å². The number of aromatic nitrogens is 2. The molecule has 0 saturated carbocycles. The predicted molar refractivity (Wildman–Crippen MR) is 71.9 cm³/mol. The highest BCUT2D eigenvalue weighted by Crippen LogP contribution is 2.21. The van der Waals surface area contributed by atoms with Crippen LogP contribution in [0, 0.1) is 0 Å². The van der Waals surface area contributed by atoms with Gasteiger partial charge in [-0.15, -0.1) is 0 Å². The topological polar surface area (TPSA) is 74.2 Å². The van der Waals surface area contributed by atoms with Crippen LogP contribution in [-0.2, 0) is 6.42 Å². The van der Waals surface area contributed by atoms with Crippen LogP contribution in [0.5, 0.6) is 5.75 Å². The van der Waals surface area contributed by atoms with Crippen LogP contribution in [0.3, 0.4) is 0 Å². The van der Waals surface area contributed by atoms with Gasteiger partial charge in [0.2, 0.25) is 5.89 Å². The van der Waals surface area contributed by atoms with Crippen molar-refractivity contribution in [1.29, 1.82) is 0 Å². The van der Waals surface area contributed by atoms with Crippen LogP contribution < -0.4 is 10.5 Å². The lowest BCUT2D eigenvalue weighted by Gasteiger charge is -2.11. The summed E-state index contributed by atoms with van der Waals surface area (Å²) in [5.41, 5.74) is 7.04. The molecule has 1 unspecified atom stereocenters. The molecule has 0 spiro atoms. The van der Waals surface area contributed by atoms with Crippen molar-refractivity contribution in [2.45, 2.75) is 39.3 Å². The summed E-state index contributed by atoms with van der Waals surface area (Å²) in [7, 11) is 0. The van der Waals surface area contributed by atoms with E-state index in [1.165, 1.54) is 0 Å². The summed E-state index contributed by atoms with van der Waals surface area (Å²) < 4.78 is 10.7. The first-order valence-corrected chi connectivity index (χ1v) is 6.44. The Balaban J connectivity index is 2.12. The molecule has 0 amide bonds. The molecule has 102 valence electrons. The fraction of sp³-hybridized carbons (Fsp3) is 0.429. The lowest BCUT2D eigenvalue weighted by molar-refractivity contribution is 0.242. The normalized spacial score (nSPS) is 12.7. The molecule has 0 radical (unpaired) electrons. The van der Waals surface area contributed by atoms with Crippen molar-refractivity contribution in [2.75, 3.05) is 0 Å². The highest BCUT2D eigenvalue weighted by Gasteiger charge is 2.15. The SMILES string of the molecule is CCc1nc(C(N)c2ccc(OC(C)C)cc2)no1. The van der Waals surface area contributed by atoms with Gasteiger partial charge in [-0.1, -0.05) is 24.2 Å². The van der Waals surface area contributed by atoms with E-state index in [-0.39, 0.29) is 12.1 Å². The Morgan fingerprint density at radius 2 is 1.95 bits per heavy atom. The lowest BCUT2D eigenvalue weighted by atomic mass is 10.1. The monoisotopic (exact) mass is 261 g/mol. The molecule has 5 heteroatoms. The summed E-state index contributed by atoms with van der Waals surface area (Å²) in [4.78, 5) is 4.24. The minimum Gasteiger partial charge on any atom is -0.491 e. The van der Waals surface area contributed by atoms with Gasteiger partial charge in [0, 0.05) is 6.42 Å². The molecule has 5 nitrogen and oxygen atoms in total. The van der Waals surface area contributed by atoms with E-state index >= 15 is 0 Å². The third kappa shape index (κ3) is 3.32. The fourth-order valence-corrected chi connectivity index (χ4v) is 1.71. The largest absolute Gasteiger partial charge is 0.491 e. The standard InChI is InChI=1S/C14H19N3O2/c1-4-12-16-14(17-19-12)13(15)10-5-7-11(8-6-10)18-9(2)3/h5-9,13H,4,15H2,1-3H3. The summed E-state index contributed by atoms with van der Waals surface area (Å²) in [6, 6.07) is 7.26. The third-order valence-electron chi connectivity index (χ3n) is 2.68. The molecule has 19 heavy (non-hydrogen) atoms. The number of hydrogen-bond donors (Lipinski definition) is 1. The van der Waals surface area contributed by atoms with Crippen molar-refractivity contribution in [3.63, 3.8) is 0 Å². The van der Waals surface area contributed by atoms with Gasteiger partial charge >= 0.3 is 0 Å². The zero-order chi connectivity index (χ0) is 13.8. The number of ether oxygens (including phenoxy) is 1. The summed E-state index contributed by atoms with van der Waals surface area (Å²) in [6.07, 6.45) is 0.866. The molecule has 0 bridgehead atoms. The highest BCUT2D eigenvalue weighted by atomic mass is 16.5. The van der Waals surface area contributed by atoms with Gasteiger partial charge in [-0.3, -0.25) is 0 Å². The summed E-state index contributed by atoms with van der Waals surface area (Å²) in [5, 5.41) is 3.89. The number of hydrogen-bond acceptors (Lipinski definition) is 5. The number of benzene rings is 1. The molecule has 0 aliphatic heterocycles. The van der Waals surface area contributed by atoms with E-state index in [4.69, 9.17) is 15.0 Å². The maximum Gasteiger partial charge on any atom is 0.226 e. The average molecular weight is 261 g/mol. The van der Waals surface area contributed by atoms with Crippen LogP contribution >= 0.6 is 0 Å². The quantitative estimate of drug-likeness (QED) is 0.895. The van der Waals surface area contributed by atoms with Crippen molar-refractivity contribution in [1.82, 2.24) is 10.1 Å². The number of nitrogens with two attached hydrogens (primary N) is 1. The zero-order valence-corrected chi connectivity index (χ0v) is 11.5. The van der Waals surface area contributed by atoms with Crippen molar-refractivity contribution in [3.05, 3.63) is 41.5 Å². The molecule has 0 aliphatic rings. The zero-order valence-electron chi connectivity index (χ0n) is 11.5. The van der Waals surface area contributed by atoms with E-state index in [2.05, 4.69) is 10.1 Å². The highest BCUT2D eigenvalue weighted by molar-refractivity contribution is 5.31. The second kappa shape index (κ2) is 5.84. The van der Waals surface area contributed by atoms with Gasteiger partial charge in [0.25, 0.3) is 0 Å². The average Bonchev–Trinajstić information content (AvgIpc) is 2.87. The van der Waals surface area contributed by atoms with Crippen LogP contribution in [0.2, 0.25) is 0 Å². The minimum absolute atomic E-state index is 0.156. The fourth-order valence-electron chi connectivity index (χ4n) is 1.71. The second-order valence-electron chi connectivity index (χ2n) is 4.61. The Bertz CT molecular complexity index is 520. The van der Waals surface area contributed by atoms with Gasteiger partial charge < -0.3 is 15.0 Å². The molecular formula is C14H19N3O2. The van der Waals surface area contributed by atoms with Gasteiger partial charge in [-0.05, 0) is 31.5 Å². The Labute approximate surface area is 112 Å². The van der Waals surface area contributed by atoms with Gasteiger partial charge in [0.05, 0.1) is 12.1 Å². The van der Waals surface area contributed by atoms with Crippen LogP contribution in [0.15, 0.2) is 28.8 Å². The molecule has 1 aromatic heterocycles. The van der Waals surface area contributed by atoms with Crippen LogP contribution in [0.25, 0.3) is 0 Å². The number of nitrogens with zero attached hydrogens (tertiary/aromatic N) is 2. The van der Waals surface area contributed by atoms with Crippen LogP contribution in [0.4, 0.5) is 0 Å². The van der Waals surface area contributed by atoms with E-state index in [0.717, 1.165) is 11.3 Å². The molecule has 1 heterocycles. The lowest BCUT2D eigenvalue weighted by Crippen LogP contribution is -2.13. The van der Waals surface area contributed by atoms with Crippen LogP contribution in [0.1, 0.15) is 44.1 Å². The predicted octanol–water partition coefficient (Wildman–Crippen LogP) is 2.47. The molecule has 0 aliphatic carbocycles. The maximum absolute atomic E-state index is 6.11. The number of rotatable bonds is 5. The molecule has 2 rings (SSSR count). The van der Waals surface area contributed by atoms with Crippen molar-refractivity contribution in [2.24, 2.45) is 5.73 Å². The molecule has 1 aromatic carbocycles. The molecule has 0 fully saturated rings. The molecule has 2 aromatic rings. The summed E-state index contributed by atoms with van der Waals surface area (Å²) in [6.45, 7) is 5.94. The minimum atomic E-state index is -0.378. The smallest absolute Gasteiger partial charge is 0.226 e. The Hall–Kier alpha value is -1.88. The van der Waals surface area contributed by atoms with Crippen molar-refractivity contribution >= 4 is 0 Å². The summed E-state index contributed by atoms with van der Waals surface area (Å²) in [5.74, 6) is 1.94. The molecule has 2 N–H and O–H groups in total. The van der Waals surface area contributed by atoms with E-state index in [0.29, 0.717) is 18.1 Å². The first-order chi connectivity index (χ1) is 9.10. The van der Waals surface area contributed by atoms with Gasteiger partial charge in [0.1, 0.15) is 5.75 Å². The molecule has 0 saturated heterocycles. The van der Waals surface area contributed by atoms with Crippen molar-refractivity contribution in [3.8, 4) is 5.75 Å². The number of aryl methyl sites for hydroxylation is 1. The van der Waals surface area contributed by atoms with Gasteiger partial charge in [-0.25, -0.2) is 0 Å². The Morgan fingerprint density at radius 3 is 2.47 bits per heavy atom. The summed E-state index contributed by atoms with van der Waals surface area (Å²) >= 11 is 0. The van der Waals surface area contributed by atoms with Crippen molar-refractivity contribution < 1.29 is 9.26 Å². The molecule has 1 atom stereocenters. The van der Waals surface area contributed by atoms with Gasteiger partial charge in [0.15, 0.2) is 5.82 Å². The maximum atomic E-state index is 6.11. The van der Waals surface area contributed by atoms with Gasteiger partial charge in [-0.2, -0.15) is 4.98 Å². The second-order valence-corrected chi connectivity index (χ2v) is 4.61. The van der Waals surface area contributed by atoms with E-state index in [1.807, 2.05) is 45.0 Å². The van der Waals surface area contributed by atoms with E-state index in [9.17, 15) is 0 Å². The van der Waals surface area contributed by atoms with E-state index < -0.39 is 0 Å². The van der Waals surface area contributed by atoms with Crippen LogP contribution in [-0.4, -0.2) is 16.2 Å².